The predicted molar refractivity (Wildman–Crippen MR) is 59.2 cm³/mol. The van der Waals surface area contributed by atoms with E-state index >= 15 is 0 Å². The Hall–Kier alpha value is -0.120. The number of nitrogens with one attached hydrogen (secondary N) is 1. The zero-order chi connectivity index (χ0) is 9.80. The van der Waals surface area contributed by atoms with Crippen LogP contribution in [0.1, 0.15) is 25.7 Å². The molecule has 0 aromatic heterocycles. The third kappa shape index (κ3) is 2.47. The van der Waals surface area contributed by atoms with E-state index in [9.17, 15) is 0 Å². The van der Waals surface area contributed by atoms with Gasteiger partial charge in [0.1, 0.15) is 0 Å². The van der Waals surface area contributed by atoms with Crippen LogP contribution in [0, 0.1) is 5.92 Å². The molecule has 0 aromatic carbocycles. The number of rotatable bonds is 2. The summed E-state index contributed by atoms with van der Waals surface area (Å²) in [5.41, 5.74) is 5.70. The summed E-state index contributed by atoms with van der Waals surface area (Å²) < 4.78 is 0. The number of likely N-dealkylation sites (tertiary alicyclic amines) is 1. The zero-order valence-corrected chi connectivity index (χ0v) is 9.04. The van der Waals surface area contributed by atoms with Crippen molar-refractivity contribution >= 4 is 0 Å². The molecular formula is C11H23N3. The van der Waals surface area contributed by atoms with Gasteiger partial charge >= 0.3 is 0 Å². The number of nitrogens with zero attached hydrogens (tertiary/aromatic N) is 1. The minimum absolute atomic E-state index is 0.799. The Kier molecular flexibility index (Phi) is 3.79. The lowest BCUT2D eigenvalue weighted by Gasteiger charge is -2.39. The van der Waals surface area contributed by atoms with Crippen molar-refractivity contribution in [3.8, 4) is 0 Å². The summed E-state index contributed by atoms with van der Waals surface area (Å²) in [4.78, 5) is 2.69. The molecule has 2 aliphatic rings. The number of piperidine rings is 2. The Labute approximate surface area is 87.0 Å². The lowest BCUT2D eigenvalue weighted by molar-refractivity contribution is 0.113. The van der Waals surface area contributed by atoms with Gasteiger partial charge in [-0.15, -0.1) is 0 Å². The van der Waals surface area contributed by atoms with Crippen molar-refractivity contribution in [1.82, 2.24) is 10.2 Å². The second kappa shape index (κ2) is 5.10. The first-order valence-electron chi connectivity index (χ1n) is 6.05. The number of hydrogen-bond donors (Lipinski definition) is 2. The van der Waals surface area contributed by atoms with Crippen LogP contribution in [-0.2, 0) is 0 Å². The van der Waals surface area contributed by atoms with Crippen LogP contribution in [0.4, 0.5) is 0 Å². The topological polar surface area (TPSA) is 41.3 Å². The largest absolute Gasteiger partial charge is 0.330 e. The number of hydrogen-bond acceptors (Lipinski definition) is 3. The lowest BCUT2D eigenvalue weighted by atomic mass is 9.94. The summed E-state index contributed by atoms with van der Waals surface area (Å²) in [5, 5.41) is 3.43. The second-order valence-corrected chi connectivity index (χ2v) is 4.70. The van der Waals surface area contributed by atoms with Crippen molar-refractivity contribution in [1.29, 1.82) is 0 Å². The number of nitrogens with two attached hydrogens (primary N) is 1. The maximum absolute atomic E-state index is 5.70. The van der Waals surface area contributed by atoms with Crippen LogP contribution in [0.25, 0.3) is 0 Å². The molecule has 82 valence electrons. The molecule has 2 rings (SSSR count). The molecule has 0 radical (unpaired) electrons. The summed E-state index contributed by atoms with van der Waals surface area (Å²) in [5.74, 6) is 0.799. The second-order valence-electron chi connectivity index (χ2n) is 4.70. The Morgan fingerprint density at radius 1 is 1.07 bits per heavy atom. The van der Waals surface area contributed by atoms with Crippen molar-refractivity contribution in [3.63, 3.8) is 0 Å². The standard InChI is InChI=1S/C11H23N3/c12-9-10-3-7-14(8-4-10)11-1-5-13-6-2-11/h10-11,13H,1-9,12H2. The van der Waals surface area contributed by atoms with E-state index in [1.54, 1.807) is 0 Å². The molecular weight excluding hydrogens is 174 g/mol. The predicted octanol–water partition coefficient (Wildman–Crippen LogP) is 0.409. The Morgan fingerprint density at radius 3 is 2.29 bits per heavy atom. The van der Waals surface area contributed by atoms with Gasteiger partial charge in [-0.25, -0.2) is 0 Å². The van der Waals surface area contributed by atoms with Crippen LogP contribution in [0.3, 0.4) is 0 Å². The molecule has 0 amide bonds. The molecule has 0 saturated carbocycles. The van der Waals surface area contributed by atoms with E-state index in [0.717, 1.165) is 18.5 Å². The molecule has 2 saturated heterocycles. The van der Waals surface area contributed by atoms with Gasteiger partial charge in [-0.2, -0.15) is 0 Å². The monoisotopic (exact) mass is 197 g/mol. The maximum atomic E-state index is 5.70. The first kappa shape index (κ1) is 10.4. The molecule has 3 N–H and O–H groups in total. The fourth-order valence-electron chi connectivity index (χ4n) is 2.73. The highest BCUT2D eigenvalue weighted by Crippen LogP contribution is 2.21. The van der Waals surface area contributed by atoms with Gasteiger partial charge in [0, 0.05) is 6.04 Å². The quantitative estimate of drug-likeness (QED) is 0.674. The van der Waals surface area contributed by atoms with Crippen molar-refractivity contribution in [3.05, 3.63) is 0 Å². The Bertz CT molecular complexity index is 158. The Balaban J connectivity index is 1.76. The summed E-state index contributed by atoms with van der Waals surface area (Å²) in [6, 6.07) is 0.856. The molecule has 0 spiro atoms. The van der Waals surface area contributed by atoms with Crippen LogP contribution in [0.2, 0.25) is 0 Å². The van der Waals surface area contributed by atoms with Gasteiger partial charge in [0.15, 0.2) is 0 Å². The van der Waals surface area contributed by atoms with E-state index in [1.165, 1.54) is 51.9 Å². The first-order valence-corrected chi connectivity index (χ1v) is 6.05. The average molecular weight is 197 g/mol. The van der Waals surface area contributed by atoms with Gasteiger partial charge in [-0.1, -0.05) is 0 Å². The van der Waals surface area contributed by atoms with Gasteiger partial charge < -0.3 is 16.0 Å². The van der Waals surface area contributed by atoms with Crippen molar-refractivity contribution < 1.29 is 0 Å². The molecule has 14 heavy (non-hydrogen) atoms. The van der Waals surface area contributed by atoms with Crippen molar-refractivity contribution in [2.24, 2.45) is 11.7 Å². The smallest absolute Gasteiger partial charge is 0.0119 e. The van der Waals surface area contributed by atoms with E-state index in [0.29, 0.717) is 0 Å². The molecule has 2 fully saturated rings. The van der Waals surface area contributed by atoms with E-state index in [1.807, 2.05) is 0 Å². The SMILES string of the molecule is NCC1CCN(C2CCNCC2)CC1. The van der Waals surface area contributed by atoms with Crippen LogP contribution >= 0.6 is 0 Å². The third-order valence-electron chi connectivity index (χ3n) is 3.81. The minimum atomic E-state index is 0.799. The molecule has 0 bridgehead atoms. The highest BCUT2D eigenvalue weighted by molar-refractivity contribution is 4.82. The maximum Gasteiger partial charge on any atom is 0.0119 e. The molecule has 2 heterocycles. The summed E-state index contributed by atoms with van der Waals surface area (Å²) in [6.45, 7) is 5.88. The highest BCUT2D eigenvalue weighted by atomic mass is 15.2. The molecule has 2 aliphatic heterocycles. The lowest BCUT2D eigenvalue weighted by Crippen LogP contribution is -2.47. The highest BCUT2D eigenvalue weighted by Gasteiger charge is 2.25. The van der Waals surface area contributed by atoms with E-state index in [4.69, 9.17) is 5.73 Å². The van der Waals surface area contributed by atoms with Crippen LogP contribution in [0.5, 0.6) is 0 Å². The van der Waals surface area contributed by atoms with Gasteiger partial charge in [0.25, 0.3) is 0 Å². The molecule has 0 aliphatic carbocycles. The molecule has 0 unspecified atom stereocenters. The van der Waals surface area contributed by atoms with Crippen molar-refractivity contribution in [2.45, 2.75) is 31.7 Å². The third-order valence-corrected chi connectivity index (χ3v) is 3.81. The van der Waals surface area contributed by atoms with Crippen LogP contribution < -0.4 is 11.1 Å². The van der Waals surface area contributed by atoms with Crippen LogP contribution in [0.15, 0.2) is 0 Å². The summed E-state index contributed by atoms with van der Waals surface area (Å²) >= 11 is 0. The molecule has 0 atom stereocenters. The average Bonchev–Trinajstić information content (AvgIpc) is 2.30. The van der Waals surface area contributed by atoms with Crippen molar-refractivity contribution in [2.75, 3.05) is 32.7 Å². The molecule has 3 nitrogen and oxygen atoms in total. The van der Waals surface area contributed by atoms with E-state index < -0.39 is 0 Å². The summed E-state index contributed by atoms with van der Waals surface area (Å²) in [7, 11) is 0. The van der Waals surface area contributed by atoms with E-state index in [-0.39, 0.29) is 0 Å². The zero-order valence-electron chi connectivity index (χ0n) is 9.04. The minimum Gasteiger partial charge on any atom is -0.330 e. The van der Waals surface area contributed by atoms with Gasteiger partial charge in [0.2, 0.25) is 0 Å². The van der Waals surface area contributed by atoms with Gasteiger partial charge in [-0.05, 0) is 64.3 Å². The fraction of sp³-hybridized carbons (Fsp3) is 1.00. The molecule has 0 aromatic rings. The van der Waals surface area contributed by atoms with E-state index in [2.05, 4.69) is 10.2 Å². The first-order chi connectivity index (χ1) is 6.90. The Morgan fingerprint density at radius 2 is 1.71 bits per heavy atom. The van der Waals surface area contributed by atoms with Crippen LogP contribution in [-0.4, -0.2) is 43.7 Å². The summed E-state index contributed by atoms with van der Waals surface area (Å²) in [6.07, 6.45) is 5.32. The van der Waals surface area contributed by atoms with Gasteiger partial charge in [-0.3, -0.25) is 0 Å². The fourth-order valence-corrected chi connectivity index (χ4v) is 2.73. The molecule has 3 heteroatoms. The van der Waals surface area contributed by atoms with Gasteiger partial charge in [0.05, 0.1) is 0 Å². The normalized spacial score (nSPS) is 28.1.